The lowest BCUT2D eigenvalue weighted by Gasteiger charge is -2.21. The summed E-state index contributed by atoms with van der Waals surface area (Å²) in [5.74, 6) is 0. The number of nitrogens with zero attached hydrogens (tertiary/aromatic N) is 1. The summed E-state index contributed by atoms with van der Waals surface area (Å²) < 4.78 is 0. The van der Waals surface area contributed by atoms with Crippen molar-refractivity contribution in [3.8, 4) is 6.07 Å². The van der Waals surface area contributed by atoms with E-state index in [0.29, 0.717) is 6.04 Å². The summed E-state index contributed by atoms with van der Waals surface area (Å²) in [5, 5.41) is 13.0. The number of benzene rings is 1. The normalized spacial score (nSPS) is 17.7. The third-order valence-corrected chi connectivity index (χ3v) is 3.91. The van der Waals surface area contributed by atoms with Crippen LogP contribution in [0.25, 0.3) is 0 Å². The number of hydrogen-bond donors (Lipinski definition) is 1. The van der Waals surface area contributed by atoms with Gasteiger partial charge in [0.15, 0.2) is 0 Å². The third-order valence-electron chi connectivity index (χ3n) is 3.91. The molecule has 1 aromatic rings. The van der Waals surface area contributed by atoms with Gasteiger partial charge in [-0.25, -0.2) is 0 Å². The fraction of sp³-hybridized carbons (Fsp3) is 0.562. The van der Waals surface area contributed by atoms with Gasteiger partial charge in [-0.2, -0.15) is 5.26 Å². The Morgan fingerprint density at radius 1 is 1.17 bits per heavy atom. The maximum Gasteiger partial charge on any atom is 0.122 e. The van der Waals surface area contributed by atoms with E-state index in [1.54, 1.807) is 0 Å². The van der Waals surface area contributed by atoms with Crippen LogP contribution in [-0.4, -0.2) is 6.04 Å². The average molecular weight is 242 g/mol. The van der Waals surface area contributed by atoms with Gasteiger partial charge in [-0.3, -0.25) is 5.32 Å². The Kier molecular flexibility index (Phi) is 4.04. The molecule has 0 heterocycles. The number of nitriles is 1. The molecule has 1 unspecified atom stereocenters. The summed E-state index contributed by atoms with van der Waals surface area (Å²) in [4.78, 5) is 0. The molecule has 0 radical (unpaired) electrons. The van der Waals surface area contributed by atoms with Gasteiger partial charge >= 0.3 is 0 Å². The van der Waals surface area contributed by atoms with E-state index in [4.69, 9.17) is 0 Å². The monoisotopic (exact) mass is 242 g/mol. The Labute approximate surface area is 110 Å². The molecule has 18 heavy (non-hydrogen) atoms. The molecule has 1 aliphatic carbocycles. The van der Waals surface area contributed by atoms with Crippen molar-refractivity contribution in [3.63, 3.8) is 0 Å². The van der Waals surface area contributed by atoms with E-state index >= 15 is 0 Å². The summed E-state index contributed by atoms with van der Waals surface area (Å²) in [6.45, 7) is 6.32. The highest BCUT2D eigenvalue weighted by Crippen LogP contribution is 2.26. The van der Waals surface area contributed by atoms with Gasteiger partial charge in [0.25, 0.3) is 0 Å². The molecule has 1 N–H and O–H groups in total. The number of nitrogens with one attached hydrogen (secondary N) is 1. The van der Waals surface area contributed by atoms with E-state index in [-0.39, 0.29) is 6.04 Å². The van der Waals surface area contributed by atoms with Crippen molar-refractivity contribution in [2.75, 3.05) is 0 Å². The average Bonchev–Trinajstić information content (AvgIpc) is 2.79. The smallest absolute Gasteiger partial charge is 0.122 e. The molecule has 1 atom stereocenters. The minimum absolute atomic E-state index is 0.159. The highest BCUT2D eigenvalue weighted by atomic mass is 15.0. The standard InChI is InChI=1S/C16H22N2/c1-11-8-12(2)16(13(3)9-11)15(10-17)18-14-6-4-5-7-14/h8-9,14-15,18H,4-7H2,1-3H3. The SMILES string of the molecule is Cc1cc(C)c(C(C#N)NC2CCCC2)c(C)c1. The molecule has 2 heteroatoms. The van der Waals surface area contributed by atoms with Crippen LogP contribution in [0.1, 0.15) is 54.0 Å². The molecule has 1 aliphatic rings. The van der Waals surface area contributed by atoms with E-state index in [2.05, 4.69) is 44.3 Å². The number of hydrogen-bond acceptors (Lipinski definition) is 2. The van der Waals surface area contributed by atoms with E-state index < -0.39 is 0 Å². The van der Waals surface area contributed by atoms with Gasteiger partial charge in [-0.1, -0.05) is 30.5 Å². The predicted molar refractivity (Wildman–Crippen MR) is 74.4 cm³/mol. The summed E-state index contributed by atoms with van der Waals surface area (Å²) in [7, 11) is 0. The molecule has 0 amide bonds. The summed E-state index contributed by atoms with van der Waals surface area (Å²) in [6, 6.07) is 7.14. The van der Waals surface area contributed by atoms with E-state index in [1.807, 2.05) is 0 Å². The maximum absolute atomic E-state index is 9.45. The van der Waals surface area contributed by atoms with Crippen LogP contribution in [0.2, 0.25) is 0 Å². The van der Waals surface area contributed by atoms with Gasteiger partial charge in [0.05, 0.1) is 6.07 Å². The Bertz CT molecular complexity index is 441. The lowest BCUT2D eigenvalue weighted by atomic mass is 9.94. The van der Waals surface area contributed by atoms with Crippen LogP contribution >= 0.6 is 0 Å². The topological polar surface area (TPSA) is 35.8 Å². The molecule has 1 fully saturated rings. The van der Waals surface area contributed by atoms with E-state index in [0.717, 1.165) is 0 Å². The molecule has 96 valence electrons. The summed E-state index contributed by atoms with van der Waals surface area (Å²) in [6.07, 6.45) is 5.01. The lowest BCUT2D eigenvalue weighted by molar-refractivity contribution is 0.490. The zero-order valence-electron chi connectivity index (χ0n) is 11.6. The molecule has 0 spiro atoms. The molecule has 1 saturated carbocycles. The van der Waals surface area contributed by atoms with Crippen LogP contribution in [0, 0.1) is 32.1 Å². The summed E-state index contributed by atoms with van der Waals surface area (Å²) >= 11 is 0. The lowest BCUT2D eigenvalue weighted by Crippen LogP contribution is -2.30. The molecule has 0 aromatic heterocycles. The van der Waals surface area contributed by atoms with Crippen molar-refractivity contribution in [1.82, 2.24) is 5.32 Å². The van der Waals surface area contributed by atoms with Gasteiger partial charge in [0.1, 0.15) is 6.04 Å². The molecule has 0 bridgehead atoms. The molecule has 0 saturated heterocycles. The predicted octanol–water partition coefficient (Wildman–Crippen LogP) is 3.71. The first kappa shape index (κ1) is 13.1. The fourth-order valence-electron chi connectivity index (χ4n) is 3.16. The van der Waals surface area contributed by atoms with Gasteiger partial charge in [-0.15, -0.1) is 0 Å². The van der Waals surface area contributed by atoms with Crippen LogP contribution in [0.15, 0.2) is 12.1 Å². The van der Waals surface area contributed by atoms with Crippen molar-refractivity contribution in [2.24, 2.45) is 0 Å². The van der Waals surface area contributed by atoms with Gasteiger partial charge in [0, 0.05) is 6.04 Å². The molecule has 0 aliphatic heterocycles. The minimum atomic E-state index is -0.159. The molecule has 1 aromatic carbocycles. The Balaban J connectivity index is 2.24. The first-order valence-corrected chi connectivity index (χ1v) is 6.85. The van der Waals surface area contributed by atoms with Crippen molar-refractivity contribution < 1.29 is 0 Å². The zero-order chi connectivity index (χ0) is 13.1. The Morgan fingerprint density at radius 2 is 1.72 bits per heavy atom. The Hall–Kier alpha value is -1.33. The highest BCUT2D eigenvalue weighted by molar-refractivity contribution is 5.41. The second-order valence-electron chi connectivity index (χ2n) is 5.52. The number of aryl methyl sites for hydroxylation is 3. The van der Waals surface area contributed by atoms with Crippen LogP contribution in [-0.2, 0) is 0 Å². The van der Waals surface area contributed by atoms with Crippen LogP contribution in [0.4, 0.5) is 0 Å². The van der Waals surface area contributed by atoms with E-state index in [9.17, 15) is 5.26 Å². The van der Waals surface area contributed by atoms with Crippen LogP contribution in [0.5, 0.6) is 0 Å². The first-order valence-electron chi connectivity index (χ1n) is 6.85. The summed E-state index contributed by atoms with van der Waals surface area (Å²) in [5.41, 5.74) is 4.90. The van der Waals surface area contributed by atoms with Crippen LogP contribution < -0.4 is 5.32 Å². The minimum Gasteiger partial charge on any atom is -0.295 e. The Morgan fingerprint density at radius 3 is 2.22 bits per heavy atom. The van der Waals surface area contributed by atoms with Crippen molar-refractivity contribution in [2.45, 2.75) is 58.5 Å². The zero-order valence-corrected chi connectivity index (χ0v) is 11.6. The molecular weight excluding hydrogens is 220 g/mol. The second kappa shape index (κ2) is 5.54. The van der Waals surface area contributed by atoms with Gasteiger partial charge < -0.3 is 0 Å². The second-order valence-corrected chi connectivity index (χ2v) is 5.52. The number of rotatable bonds is 3. The van der Waals surface area contributed by atoms with Crippen molar-refractivity contribution >= 4 is 0 Å². The van der Waals surface area contributed by atoms with Gasteiger partial charge in [0.2, 0.25) is 0 Å². The third kappa shape index (κ3) is 2.73. The van der Waals surface area contributed by atoms with Crippen molar-refractivity contribution in [3.05, 3.63) is 34.4 Å². The van der Waals surface area contributed by atoms with Gasteiger partial charge in [-0.05, 0) is 50.3 Å². The highest BCUT2D eigenvalue weighted by Gasteiger charge is 2.22. The van der Waals surface area contributed by atoms with Crippen molar-refractivity contribution in [1.29, 1.82) is 5.26 Å². The first-order chi connectivity index (χ1) is 8.61. The molecular formula is C16H22N2. The fourth-order valence-corrected chi connectivity index (χ4v) is 3.16. The molecule has 2 rings (SSSR count). The maximum atomic E-state index is 9.45. The van der Waals surface area contributed by atoms with E-state index in [1.165, 1.54) is 47.9 Å². The largest absolute Gasteiger partial charge is 0.295 e. The van der Waals surface area contributed by atoms with Crippen LogP contribution in [0.3, 0.4) is 0 Å². The quantitative estimate of drug-likeness (QED) is 0.877. The molecule has 2 nitrogen and oxygen atoms in total.